The van der Waals surface area contributed by atoms with Crippen molar-refractivity contribution in [3.8, 4) is 0 Å². The molecule has 0 bridgehead atoms. The van der Waals surface area contributed by atoms with Crippen LogP contribution in [0.3, 0.4) is 0 Å². The standard InChI is InChI=1S/C14H20N4/c1-18(10-6-12-4-8-16-9-5-12)14(11-15)13-3-2-7-17-13/h2-5,7-9,14,17H,6,10-11,15H2,1H3. The molecular formula is C14H20N4. The first kappa shape index (κ1) is 12.8. The Bertz CT molecular complexity index is 438. The molecule has 0 amide bonds. The van der Waals surface area contributed by atoms with E-state index in [4.69, 9.17) is 5.73 Å². The molecule has 4 nitrogen and oxygen atoms in total. The van der Waals surface area contributed by atoms with E-state index in [9.17, 15) is 0 Å². The van der Waals surface area contributed by atoms with Gasteiger partial charge in [0.2, 0.25) is 0 Å². The van der Waals surface area contributed by atoms with E-state index in [0.29, 0.717) is 6.54 Å². The van der Waals surface area contributed by atoms with Crippen molar-refractivity contribution in [2.24, 2.45) is 5.73 Å². The van der Waals surface area contributed by atoms with Crippen molar-refractivity contribution in [3.63, 3.8) is 0 Å². The van der Waals surface area contributed by atoms with Crippen molar-refractivity contribution >= 4 is 0 Å². The van der Waals surface area contributed by atoms with Crippen molar-refractivity contribution in [2.75, 3.05) is 20.1 Å². The summed E-state index contributed by atoms with van der Waals surface area (Å²) >= 11 is 0. The van der Waals surface area contributed by atoms with Crippen LogP contribution in [-0.2, 0) is 6.42 Å². The highest BCUT2D eigenvalue weighted by atomic mass is 15.1. The highest BCUT2D eigenvalue weighted by molar-refractivity contribution is 5.12. The molecule has 3 N–H and O–H groups in total. The Kier molecular flexibility index (Phi) is 4.50. The molecular weight excluding hydrogens is 224 g/mol. The predicted molar refractivity (Wildman–Crippen MR) is 73.2 cm³/mol. The molecule has 2 aromatic heterocycles. The third kappa shape index (κ3) is 3.18. The Morgan fingerprint density at radius 1 is 1.33 bits per heavy atom. The average molecular weight is 244 g/mol. The Balaban J connectivity index is 1.92. The maximum absolute atomic E-state index is 5.86. The van der Waals surface area contributed by atoms with Crippen molar-refractivity contribution < 1.29 is 0 Å². The number of rotatable bonds is 6. The zero-order valence-electron chi connectivity index (χ0n) is 10.7. The lowest BCUT2D eigenvalue weighted by molar-refractivity contribution is 0.249. The summed E-state index contributed by atoms with van der Waals surface area (Å²) in [6.45, 7) is 1.60. The molecule has 18 heavy (non-hydrogen) atoms. The summed E-state index contributed by atoms with van der Waals surface area (Å²) in [6, 6.07) is 8.46. The summed E-state index contributed by atoms with van der Waals surface area (Å²) in [7, 11) is 2.11. The van der Waals surface area contributed by atoms with Crippen LogP contribution in [0, 0.1) is 0 Å². The van der Waals surface area contributed by atoms with Gasteiger partial charge in [0.1, 0.15) is 0 Å². The largest absolute Gasteiger partial charge is 0.364 e. The van der Waals surface area contributed by atoms with Crippen molar-refractivity contribution in [1.29, 1.82) is 0 Å². The summed E-state index contributed by atoms with van der Waals surface area (Å²) in [5.74, 6) is 0. The average Bonchev–Trinajstić information content (AvgIpc) is 2.92. The molecule has 0 aromatic carbocycles. The fourth-order valence-corrected chi connectivity index (χ4v) is 2.11. The first-order valence-corrected chi connectivity index (χ1v) is 6.23. The van der Waals surface area contributed by atoms with E-state index in [1.807, 2.05) is 24.7 Å². The van der Waals surface area contributed by atoms with Gasteiger partial charge in [-0.2, -0.15) is 0 Å². The topological polar surface area (TPSA) is 57.9 Å². The zero-order valence-corrected chi connectivity index (χ0v) is 10.7. The van der Waals surface area contributed by atoms with Gasteiger partial charge >= 0.3 is 0 Å². The number of H-pyrrole nitrogens is 1. The SMILES string of the molecule is CN(CCc1ccncc1)C(CN)c1ccc[nH]1. The summed E-state index contributed by atoms with van der Waals surface area (Å²) in [5, 5.41) is 0. The molecule has 0 aliphatic carbocycles. The van der Waals surface area contributed by atoms with Crippen molar-refractivity contribution in [3.05, 3.63) is 54.1 Å². The minimum absolute atomic E-state index is 0.252. The lowest BCUT2D eigenvalue weighted by Gasteiger charge is -2.26. The van der Waals surface area contributed by atoms with E-state index in [0.717, 1.165) is 13.0 Å². The number of nitrogens with zero attached hydrogens (tertiary/aromatic N) is 2. The van der Waals surface area contributed by atoms with Crippen LogP contribution >= 0.6 is 0 Å². The van der Waals surface area contributed by atoms with Gasteiger partial charge in [-0.15, -0.1) is 0 Å². The van der Waals surface area contributed by atoms with Gasteiger partial charge in [0, 0.05) is 37.4 Å². The highest BCUT2D eigenvalue weighted by Gasteiger charge is 2.15. The maximum Gasteiger partial charge on any atom is 0.0619 e. The molecule has 1 unspecified atom stereocenters. The molecule has 0 spiro atoms. The number of hydrogen-bond donors (Lipinski definition) is 2. The second-order valence-corrected chi connectivity index (χ2v) is 4.46. The molecule has 0 fully saturated rings. The molecule has 4 heteroatoms. The molecule has 2 heterocycles. The lowest BCUT2D eigenvalue weighted by Crippen LogP contribution is -2.32. The van der Waals surface area contributed by atoms with Crippen LogP contribution in [0.4, 0.5) is 0 Å². The van der Waals surface area contributed by atoms with Crippen LogP contribution < -0.4 is 5.73 Å². The Hall–Kier alpha value is -1.65. The monoisotopic (exact) mass is 244 g/mol. The Morgan fingerprint density at radius 3 is 2.72 bits per heavy atom. The van der Waals surface area contributed by atoms with Gasteiger partial charge in [-0.3, -0.25) is 9.88 Å². The summed E-state index contributed by atoms with van der Waals surface area (Å²) in [4.78, 5) is 9.55. The predicted octanol–water partition coefficient (Wildman–Crippen LogP) is 1.58. The van der Waals surface area contributed by atoms with Crippen LogP contribution in [0.1, 0.15) is 17.3 Å². The molecule has 0 aliphatic rings. The summed E-state index contributed by atoms with van der Waals surface area (Å²) in [6.07, 6.45) is 6.62. The zero-order chi connectivity index (χ0) is 12.8. The van der Waals surface area contributed by atoms with Crippen LogP contribution in [0.15, 0.2) is 42.9 Å². The van der Waals surface area contributed by atoms with Crippen molar-refractivity contribution in [2.45, 2.75) is 12.5 Å². The van der Waals surface area contributed by atoms with E-state index >= 15 is 0 Å². The van der Waals surface area contributed by atoms with Gasteiger partial charge < -0.3 is 10.7 Å². The maximum atomic E-state index is 5.86. The second kappa shape index (κ2) is 6.33. The third-order valence-corrected chi connectivity index (χ3v) is 3.24. The van der Waals surface area contributed by atoms with Gasteiger partial charge in [0.05, 0.1) is 6.04 Å². The number of nitrogens with two attached hydrogens (primary N) is 1. The van der Waals surface area contributed by atoms with Gasteiger partial charge in [-0.1, -0.05) is 0 Å². The lowest BCUT2D eigenvalue weighted by atomic mass is 10.1. The van der Waals surface area contributed by atoms with E-state index in [-0.39, 0.29) is 6.04 Å². The van der Waals surface area contributed by atoms with Gasteiger partial charge in [-0.25, -0.2) is 0 Å². The third-order valence-electron chi connectivity index (χ3n) is 3.24. The van der Waals surface area contributed by atoms with Crippen LogP contribution in [0.2, 0.25) is 0 Å². The normalized spacial score (nSPS) is 12.8. The van der Waals surface area contributed by atoms with Crippen LogP contribution in [0.25, 0.3) is 0 Å². The van der Waals surface area contributed by atoms with E-state index in [2.05, 4.69) is 40.1 Å². The summed E-state index contributed by atoms with van der Waals surface area (Å²) in [5.41, 5.74) is 8.34. The first-order chi connectivity index (χ1) is 8.81. The van der Waals surface area contributed by atoms with Gasteiger partial charge in [0.25, 0.3) is 0 Å². The number of hydrogen-bond acceptors (Lipinski definition) is 3. The smallest absolute Gasteiger partial charge is 0.0619 e. The second-order valence-electron chi connectivity index (χ2n) is 4.46. The van der Waals surface area contributed by atoms with E-state index in [1.54, 1.807) is 0 Å². The quantitative estimate of drug-likeness (QED) is 0.811. The van der Waals surface area contributed by atoms with E-state index < -0.39 is 0 Å². The van der Waals surface area contributed by atoms with Crippen LogP contribution in [0.5, 0.6) is 0 Å². The molecule has 2 aromatic rings. The van der Waals surface area contributed by atoms with Crippen LogP contribution in [-0.4, -0.2) is 35.0 Å². The number of nitrogens with one attached hydrogen (secondary N) is 1. The summed E-state index contributed by atoms with van der Waals surface area (Å²) < 4.78 is 0. The van der Waals surface area contributed by atoms with Crippen molar-refractivity contribution in [1.82, 2.24) is 14.9 Å². The van der Waals surface area contributed by atoms with E-state index in [1.165, 1.54) is 11.3 Å². The first-order valence-electron chi connectivity index (χ1n) is 6.23. The molecule has 0 radical (unpaired) electrons. The fourth-order valence-electron chi connectivity index (χ4n) is 2.11. The number of likely N-dealkylation sites (N-methyl/N-ethyl adjacent to an activating group) is 1. The van der Waals surface area contributed by atoms with Gasteiger partial charge in [0.15, 0.2) is 0 Å². The molecule has 1 atom stereocenters. The highest BCUT2D eigenvalue weighted by Crippen LogP contribution is 2.16. The molecule has 2 rings (SSSR count). The Morgan fingerprint density at radius 2 is 2.11 bits per heavy atom. The number of pyridine rings is 1. The fraction of sp³-hybridized carbons (Fsp3) is 0.357. The van der Waals surface area contributed by atoms with Gasteiger partial charge in [-0.05, 0) is 43.3 Å². The number of aromatic amines is 1. The minimum atomic E-state index is 0.252. The minimum Gasteiger partial charge on any atom is -0.364 e. The molecule has 0 saturated heterocycles. The molecule has 0 saturated carbocycles. The Labute approximate surface area is 108 Å². The number of aromatic nitrogens is 2. The molecule has 96 valence electrons. The molecule has 0 aliphatic heterocycles.